The second-order valence-electron chi connectivity index (χ2n) is 3.50. The predicted molar refractivity (Wildman–Crippen MR) is 63.3 cm³/mol. The Balaban J connectivity index is 2.54. The topological polar surface area (TPSA) is 29.1 Å². The van der Waals surface area contributed by atoms with Crippen LogP contribution in [-0.4, -0.2) is 11.8 Å². The van der Waals surface area contributed by atoms with E-state index in [2.05, 4.69) is 20.7 Å². The monoisotopic (exact) mass is 273 g/mol. The molecule has 0 saturated carbocycles. The van der Waals surface area contributed by atoms with Gasteiger partial charge in [-0.3, -0.25) is 0 Å². The molecule has 0 aliphatic heterocycles. The molecule has 0 atom stereocenters. The summed E-state index contributed by atoms with van der Waals surface area (Å²) in [6.07, 6.45) is 0.902. The number of hydrogen-bond acceptors (Lipinski definition) is 3. The van der Waals surface area contributed by atoms with Crippen molar-refractivity contribution in [1.82, 2.24) is 4.72 Å². The molecule has 0 aromatic heterocycles. The van der Waals surface area contributed by atoms with Crippen molar-refractivity contribution in [3.63, 3.8) is 0 Å². The van der Waals surface area contributed by atoms with Gasteiger partial charge in [0.1, 0.15) is 6.29 Å². The summed E-state index contributed by atoms with van der Waals surface area (Å²) < 4.78 is 4.13. The first kappa shape index (κ1) is 11.8. The zero-order chi connectivity index (χ0) is 10.6. The van der Waals surface area contributed by atoms with Gasteiger partial charge < -0.3 is 4.79 Å². The third kappa shape index (κ3) is 3.82. The Morgan fingerprint density at radius 3 is 2.43 bits per heavy atom. The molecule has 0 fully saturated rings. The minimum Gasteiger partial charge on any atom is -0.301 e. The summed E-state index contributed by atoms with van der Waals surface area (Å²) in [4.78, 5) is 11.7. The number of carbonyl (C=O) groups is 1. The highest BCUT2D eigenvalue weighted by Crippen LogP contribution is 2.20. The van der Waals surface area contributed by atoms with Crippen molar-refractivity contribution in [3.8, 4) is 0 Å². The zero-order valence-corrected chi connectivity index (χ0v) is 10.5. The van der Waals surface area contributed by atoms with Crippen LogP contribution in [0.3, 0.4) is 0 Å². The van der Waals surface area contributed by atoms with E-state index in [4.69, 9.17) is 0 Å². The normalized spacial score (nSPS) is 11.4. The summed E-state index contributed by atoms with van der Waals surface area (Å²) >= 11 is 4.82. The van der Waals surface area contributed by atoms with Crippen molar-refractivity contribution in [1.29, 1.82) is 0 Å². The Morgan fingerprint density at radius 2 is 1.93 bits per heavy atom. The van der Waals surface area contributed by atoms with Crippen LogP contribution in [0.1, 0.15) is 13.8 Å². The summed E-state index contributed by atoms with van der Waals surface area (Å²) in [6.45, 7) is 3.68. The first-order valence-corrected chi connectivity index (χ1v) is 5.80. The van der Waals surface area contributed by atoms with Crippen LogP contribution in [-0.2, 0) is 4.79 Å². The van der Waals surface area contributed by atoms with Crippen molar-refractivity contribution in [3.05, 3.63) is 28.7 Å². The molecule has 0 unspecified atom stereocenters. The Morgan fingerprint density at radius 1 is 1.36 bits per heavy atom. The van der Waals surface area contributed by atoms with Crippen molar-refractivity contribution in [2.45, 2.75) is 24.3 Å². The Kier molecular flexibility index (Phi) is 4.16. The van der Waals surface area contributed by atoms with Gasteiger partial charge >= 0.3 is 0 Å². The Hall–Kier alpha value is -0.320. The fraction of sp³-hybridized carbons (Fsp3) is 0.300. The highest BCUT2D eigenvalue weighted by Gasteiger charge is 2.15. The van der Waals surface area contributed by atoms with E-state index in [0.29, 0.717) is 0 Å². The van der Waals surface area contributed by atoms with Gasteiger partial charge in [-0.1, -0.05) is 15.9 Å². The molecule has 0 saturated heterocycles. The molecule has 1 rings (SSSR count). The third-order valence-electron chi connectivity index (χ3n) is 1.54. The van der Waals surface area contributed by atoms with Gasteiger partial charge in [-0.2, -0.15) is 0 Å². The van der Waals surface area contributed by atoms with Crippen LogP contribution in [0.15, 0.2) is 33.6 Å². The van der Waals surface area contributed by atoms with Gasteiger partial charge in [0.25, 0.3) is 0 Å². The summed E-state index contributed by atoms with van der Waals surface area (Å²) in [5, 5.41) is 0. The molecule has 2 nitrogen and oxygen atoms in total. The average Bonchev–Trinajstić information content (AvgIpc) is 2.17. The summed E-state index contributed by atoms with van der Waals surface area (Å²) in [6, 6.07) is 7.92. The van der Waals surface area contributed by atoms with E-state index in [9.17, 15) is 4.79 Å². The molecule has 1 aromatic carbocycles. The second kappa shape index (κ2) is 4.96. The largest absolute Gasteiger partial charge is 0.301 e. The number of aldehydes is 1. The smallest absolute Gasteiger partial charge is 0.140 e. The van der Waals surface area contributed by atoms with Gasteiger partial charge in [0.05, 0.1) is 5.54 Å². The number of carbonyl (C=O) groups excluding carboxylic acids is 1. The lowest BCUT2D eigenvalue weighted by atomic mass is 10.1. The van der Waals surface area contributed by atoms with E-state index < -0.39 is 5.54 Å². The van der Waals surface area contributed by atoms with Crippen LogP contribution in [0.2, 0.25) is 0 Å². The summed E-state index contributed by atoms with van der Waals surface area (Å²) in [7, 11) is 0. The number of halogens is 1. The molecule has 0 bridgehead atoms. The lowest BCUT2D eigenvalue weighted by Gasteiger charge is -2.17. The maximum absolute atomic E-state index is 10.6. The fourth-order valence-electron chi connectivity index (χ4n) is 0.717. The van der Waals surface area contributed by atoms with Crippen molar-refractivity contribution >= 4 is 34.2 Å². The van der Waals surface area contributed by atoms with Crippen LogP contribution in [0, 0.1) is 0 Å². The van der Waals surface area contributed by atoms with Gasteiger partial charge in [0.2, 0.25) is 0 Å². The average molecular weight is 274 g/mol. The lowest BCUT2D eigenvalue weighted by molar-refractivity contribution is -0.111. The third-order valence-corrected chi connectivity index (χ3v) is 3.20. The van der Waals surface area contributed by atoms with Crippen LogP contribution in [0.25, 0.3) is 0 Å². The van der Waals surface area contributed by atoms with Gasteiger partial charge in [0.15, 0.2) is 0 Å². The number of nitrogens with one attached hydrogen (secondary N) is 1. The second-order valence-corrected chi connectivity index (χ2v) is 5.29. The molecule has 0 radical (unpaired) electrons. The number of hydrogen-bond donors (Lipinski definition) is 1. The van der Waals surface area contributed by atoms with Crippen LogP contribution in [0.4, 0.5) is 0 Å². The molecule has 0 amide bonds. The SMILES string of the molecule is CC(C)(C=O)NSc1ccc(Br)cc1. The Bertz CT molecular complexity index is 310. The molecule has 1 aromatic rings. The van der Waals surface area contributed by atoms with Crippen molar-refractivity contribution < 1.29 is 4.79 Å². The van der Waals surface area contributed by atoms with E-state index in [-0.39, 0.29) is 0 Å². The Labute approximate surface area is 96.7 Å². The molecule has 4 heteroatoms. The molecule has 0 spiro atoms. The van der Waals surface area contributed by atoms with Crippen LogP contribution >= 0.6 is 27.9 Å². The zero-order valence-electron chi connectivity index (χ0n) is 8.08. The van der Waals surface area contributed by atoms with E-state index in [1.54, 1.807) is 0 Å². The van der Waals surface area contributed by atoms with Gasteiger partial charge in [-0.15, -0.1) is 0 Å². The molecular formula is C10H12BrNOS. The van der Waals surface area contributed by atoms with Crippen molar-refractivity contribution in [2.24, 2.45) is 0 Å². The van der Waals surface area contributed by atoms with Gasteiger partial charge in [-0.05, 0) is 50.1 Å². The quantitative estimate of drug-likeness (QED) is 0.676. The van der Waals surface area contributed by atoms with Gasteiger partial charge in [0, 0.05) is 9.37 Å². The summed E-state index contributed by atoms with van der Waals surface area (Å²) in [5.41, 5.74) is -0.488. The molecule has 0 aliphatic rings. The molecule has 14 heavy (non-hydrogen) atoms. The van der Waals surface area contributed by atoms with Gasteiger partial charge in [-0.25, -0.2) is 4.72 Å². The molecule has 76 valence electrons. The standard InChI is InChI=1S/C10H12BrNOS/c1-10(2,7-13)12-14-9-5-3-8(11)4-6-9/h3-7,12H,1-2H3. The molecule has 0 aliphatic carbocycles. The van der Waals surface area contributed by atoms with Crippen LogP contribution in [0.5, 0.6) is 0 Å². The maximum atomic E-state index is 10.6. The first-order chi connectivity index (χ1) is 6.53. The predicted octanol–water partition coefficient (Wildman–Crippen LogP) is 3.02. The minimum atomic E-state index is -0.488. The molecule has 1 N–H and O–H groups in total. The molecule has 0 heterocycles. The van der Waals surface area contributed by atoms with E-state index in [1.165, 1.54) is 11.9 Å². The lowest BCUT2D eigenvalue weighted by Crippen LogP contribution is -2.35. The number of benzene rings is 1. The highest BCUT2D eigenvalue weighted by molar-refractivity contribution is 9.10. The first-order valence-electron chi connectivity index (χ1n) is 4.19. The maximum Gasteiger partial charge on any atom is 0.140 e. The molecular weight excluding hydrogens is 262 g/mol. The summed E-state index contributed by atoms with van der Waals surface area (Å²) in [5.74, 6) is 0. The van der Waals surface area contributed by atoms with Crippen molar-refractivity contribution in [2.75, 3.05) is 0 Å². The highest BCUT2D eigenvalue weighted by atomic mass is 79.9. The van der Waals surface area contributed by atoms with Crippen LogP contribution < -0.4 is 4.72 Å². The number of rotatable bonds is 4. The van der Waals surface area contributed by atoms with E-state index in [1.807, 2.05) is 38.1 Å². The van der Waals surface area contributed by atoms with E-state index in [0.717, 1.165) is 15.7 Å². The minimum absolute atomic E-state index is 0.488. The fourth-order valence-corrected chi connectivity index (χ4v) is 1.68. The van der Waals surface area contributed by atoms with E-state index >= 15 is 0 Å².